The van der Waals surface area contributed by atoms with Crippen molar-refractivity contribution in [1.29, 1.82) is 0 Å². The van der Waals surface area contributed by atoms with Gasteiger partial charge in [0.25, 0.3) is 0 Å². The molecule has 0 saturated carbocycles. The molecule has 0 saturated heterocycles. The number of esters is 1. The van der Waals surface area contributed by atoms with E-state index in [1.54, 1.807) is 6.08 Å². The molecule has 0 spiro atoms. The van der Waals surface area contributed by atoms with Crippen LogP contribution in [0, 0.1) is 0 Å². The lowest BCUT2D eigenvalue weighted by Crippen LogP contribution is -2.15. The van der Waals surface area contributed by atoms with E-state index < -0.39 is 0 Å². The molecule has 92 valence electrons. The summed E-state index contributed by atoms with van der Waals surface area (Å²) < 4.78 is 5.06. The van der Waals surface area contributed by atoms with Crippen LogP contribution in [0.4, 0.5) is 0 Å². The molecule has 0 amide bonds. The molecule has 0 radical (unpaired) electrons. The Hall–Kier alpha value is -1.61. The van der Waals surface area contributed by atoms with Gasteiger partial charge in [-0.3, -0.25) is 0 Å². The van der Waals surface area contributed by atoms with Crippen molar-refractivity contribution in [2.75, 3.05) is 27.2 Å². The minimum absolute atomic E-state index is 0.285. The highest BCUT2D eigenvalue weighted by Crippen LogP contribution is 2.01. The quantitative estimate of drug-likeness (QED) is 0.428. The number of hydrogen-bond acceptors (Lipinski definition) is 3. The Morgan fingerprint density at radius 3 is 2.65 bits per heavy atom. The van der Waals surface area contributed by atoms with Crippen LogP contribution in [0.3, 0.4) is 0 Å². The topological polar surface area (TPSA) is 29.5 Å². The molecule has 1 aromatic carbocycles. The molecular weight excluding hydrogens is 214 g/mol. The Labute approximate surface area is 103 Å². The zero-order valence-corrected chi connectivity index (χ0v) is 10.4. The minimum Gasteiger partial charge on any atom is -0.462 e. The molecule has 1 aromatic rings. The van der Waals surface area contributed by atoms with Gasteiger partial charge < -0.3 is 9.64 Å². The molecule has 0 aliphatic carbocycles. The standard InChI is InChI=1S/C14H19NO2/c1-15(2)11-6-12-17-14(16)10-9-13-7-4-3-5-8-13/h3-5,7-10H,6,11-12H2,1-2H3. The highest BCUT2D eigenvalue weighted by atomic mass is 16.5. The fourth-order valence-electron chi connectivity index (χ4n) is 1.33. The van der Waals surface area contributed by atoms with Crippen LogP contribution in [0.1, 0.15) is 12.0 Å². The fraction of sp³-hybridized carbons (Fsp3) is 0.357. The molecule has 3 nitrogen and oxygen atoms in total. The fourth-order valence-corrected chi connectivity index (χ4v) is 1.33. The summed E-state index contributed by atoms with van der Waals surface area (Å²) in [4.78, 5) is 13.4. The van der Waals surface area contributed by atoms with Crippen molar-refractivity contribution in [3.05, 3.63) is 42.0 Å². The van der Waals surface area contributed by atoms with Crippen LogP contribution >= 0.6 is 0 Å². The van der Waals surface area contributed by atoms with Gasteiger partial charge in [-0.25, -0.2) is 4.79 Å². The van der Waals surface area contributed by atoms with Gasteiger partial charge in [-0.15, -0.1) is 0 Å². The molecule has 0 aliphatic rings. The Kier molecular flexibility index (Phi) is 6.04. The number of hydrogen-bond donors (Lipinski definition) is 0. The maximum Gasteiger partial charge on any atom is 0.330 e. The van der Waals surface area contributed by atoms with Crippen molar-refractivity contribution >= 4 is 12.0 Å². The van der Waals surface area contributed by atoms with Crippen molar-refractivity contribution < 1.29 is 9.53 Å². The number of carbonyl (C=O) groups is 1. The zero-order valence-electron chi connectivity index (χ0n) is 10.4. The third-order valence-electron chi connectivity index (χ3n) is 2.21. The summed E-state index contributed by atoms with van der Waals surface area (Å²) >= 11 is 0. The molecule has 0 N–H and O–H groups in total. The summed E-state index contributed by atoms with van der Waals surface area (Å²) in [6, 6.07) is 9.69. The second kappa shape index (κ2) is 7.63. The smallest absolute Gasteiger partial charge is 0.330 e. The van der Waals surface area contributed by atoms with Gasteiger partial charge in [0.05, 0.1) is 6.61 Å². The van der Waals surface area contributed by atoms with Gasteiger partial charge in [-0.05, 0) is 32.2 Å². The van der Waals surface area contributed by atoms with Crippen LogP contribution in [0.5, 0.6) is 0 Å². The molecule has 0 aliphatic heterocycles. The predicted octanol–water partition coefficient (Wildman–Crippen LogP) is 2.19. The molecule has 0 bridgehead atoms. The molecule has 0 heterocycles. The SMILES string of the molecule is CN(C)CCCOC(=O)C=Cc1ccccc1. The van der Waals surface area contributed by atoms with Gasteiger partial charge in [0.1, 0.15) is 0 Å². The van der Waals surface area contributed by atoms with Crippen LogP contribution < -0.4 is 0 Å². The summed E-state index contributed by atoms with van der Waals surface area (Å²) in [5.41, 5.74) is 0.998. The summed E-state index contributed by atoms with van der Waals surface area (Å²) in [7, 11) is 3.99. The van der Waals surface area contributed by atoms with Gasteiger partial charge in [-0.2, -0.15) is 0 Å². The second-order valence-electron chi connectivity index (χ2n) is 4.07. The number of benzene rings is 1. The van der Waals surface area contributed by atoms with Crippen molar-refractivity contribution in [2.45, 2.75) is 6.42 Å². The summed E-state index contributed by atoms with van der Waals surface area (Å²) in [6.45, 7) is 1.39. The lowest BCUT2D eigenvalue weighted by Gasteiger charge is -2.08. The van der Waals surface area contributed by atoms with Gasteiger partial charge in [0.2, 0.25) is 0 Å². The molecule has 0 unspecified atom stereocenters. The Morgan fingerprint density at radius 2 is 2.00 bits per heavy atom. The van der Waals surface area contributed by atoms with Crippen molar-refractivity contribution in [2.24, 2.45) is 0 Å². The minimum atomic E-state index is -0.285. The largest absolute Gasteiger partial charge is 0.462 e. The van der Waals surface area contributed by atoms with E-state index in [0.29, 0.717) is 6.61 Å². The van der Waals surface area contributed by atoms with Crippen molar-refractivity contribution in [3.63, 3.8) is 0 Å². The number of ether oxygens (including phenoxy) is 1. The molecule has 1 rings (SSSR count). The van der Waals surface area contributed by atoms with Crippen LogP contribution in [0.15, 0.2) is 36.4 Å². The van der Waals surface area contributed by atoms with Gasteiger partial charge in [0, 0.05) is 12.6 Å². The van der Waals surface area contributed by atoms with Crippen molar-refractivity contribution in [1.82, 2.24) is 4.90 Å². The number of carbonyl (C=O) groups excluding carboxylic acids is 1. The predicted molar refractivity (Wildman–Crippen MR) is 69.6 cm³/mol. The maximum absolute atomic E-state index is 11.3. The Bertz CT molecular complexity index is 358. The monoisotopic (exact) mass is 233 g/mol. The maximum atomic E-state index is 11.3. The third-order valence-corrected chi connectivity index (χ3v) is 2.21. The summed E-state index contributed by atoms with van der Waals surface area (Å²) in [6.07, 6.45) is 4.08. The number of rotatable bonds is 6. The molecule has 0 aromatic heterocycles. The van der Waals surface area contributed by atoms with E-state index in [1.807, 2.05) is 44.4 Å². The van der Waals surface area contributed by atoms with Gasteiger partial charge in [0.15, 0.2) is 0 Å². The van der Waals surface area contributed by atoms with Crippen LogP contribution in [0.25, 0.3) is 6.08 Å². The highest BCUT2D eigenvalue weighted by Gasteiger charge is 1.97. The van der Waals surface area contributed by atoms with Crippen LogP contribution in [-0.4, -0.2) is 38.1 Å². The zero-order chi connectivity index (χ0) is 12.5. The average Bonchev–Trinajstić information content (AvgIpc) is 2.33. The molecular formula is C14H19NO2. The van der Waals surface area contributed by atoms with Gasteiger partial charge in [-0.1, -0.05) is 30.3 Å². The first-order chi connectivity index (χ1) is 8.18. The molecule has 0 atom stereocenters. The second-order valence-corrected chi connectivity index (χ2v) is 4.07. The summed E-state index contributed by atoms with van der Waals surface area (Å²) in [5, 5.41) is 0. The average molecular weight is 233 g/mol. The van der Waals surface area contributed by atoms with Crippen LogP contribution in [-0.2, 0) is 9.53 Å². The lowest BCUT2D eigenvalue weighted by molar-refractivity contribution is -0.137. The van der Waals surface area contributed by atoms with E-state index >= 15 is 0 Å². The first-order valence-electron chi connectivity index (χ1n) is 5.73. The van der Waals surface area contributed by atoms with Crippen molar-refractivity contribution in [3.8, 4) is 0 Å². The molecule has 0 fully saturated rings. The van der Waals surface area contributed by atoms with E-state index in [4.69, 9.17) is 4.74 Å². The van der Waals surface area contributed by atoms with E-state index in [2.05, 4.69) is 4.90 Å². The molecule has 17 heavy (non-hydrogen) atoms. The van der Waals surface area contributed by atoms with Crippen LogP contribution in [0.2, 0.25) is 0 Å². The lowest BCUT2D eigenvalue weighted by atomic mass is 10.2. The molecule has 3 heteroatoms. The Balaban J connectivity index is 2.23. The van der Waals surface area contributed by atoms with Gasteiger partial charge >= 0.3 is 5.97 Å². The highest BCUT2D eigenvalue weighted by molar-refractivity contribution is 5.86. The van der Waals surface area contributed by atoms with E-state index in [-0.39, 0.29) is 5.97 Å². The Morgan fingerprint density at radius 1 is 1.29 bits per heavy atom. The van der Waals surface area contributed by atoms with E-state index in [0.717, 1.165) is 18.5 Å². The van der Waals surface area contributed by atoms with E-state index in [1.165, 1.54) is 6.08 Å². The third kappa shape index (κ3) is 6.53. The van der Waals surface area contributed by atoms with E-state index in [9.17, 15) is 4.79 Å². The first-order valence-corrected chi connectivity index (χ1v) is 5.73. The summed E-state index contributed by atoms with van der Waals surface area (Å²) in [5.74, 6) is -0.285. The normalized spacial score (nSPS) is 11.0. The first kappa shape index (κ1) is 13.5. The number of nitrogens with zero attached hydrogens (tertiary/aromatic N) is 1.